The summed E-state index contributed by atoms with van der Waals surface area (Å²) in [5, 5.41) is 8.91. The number of carbonyl (C=O) groups is 1. The van der Waals surface area contributed by atoms with Crippen LogP contribution in [0.5, 0.6) is 17.2 Å². The van der Waals surface area contributed by atoms with Gasteiger partial charge in [-0.05, 0) is 37.3 Å². The van der Waals surface area contributed by atoms with Gasteiger partial charge < -0.3 is 19.1 Å². The molecule has 0 fully saturated rings. The first-order valence-corrected chi connectivity index (χ1v) is 8.49. The van der Waals surface area contributed by atoms with E-state index < -0.39 is 0 Å². The number of para-hydroxylation sites is 2. The Bertz CT molecular complexity index is 815. The Labute approximate surface area is 152 Å². The number of likely N-dealkylation sites (N-methyl/N-ethyl adjacent to an activating group) is 1. The lowest BCUT2D eigenvalue weighted by Crippen LogP contribution is -2.45. The van der Waals surface area contributed by atoms with Crippen molar-refractivity contribution in [2.75, 3.05) is 26.3 Å². The predicted molar refractivity (Wildman–Crippen MR) is 95.3 cm³/mol. The fraction of sp³-hybridized carbons (Fsp3) is 0.300. The first kappa shape index (κ1) is 17.6. The average molecular weight is 352 g/mol. The van der Waals surface area contributed by atoms with E-state index in [9.17, 15) is 4.79 Å². The molecule has 26 heavy (non-hydrogen) atoms. The van der Waals surface area contributed by atoms with Crippen LogP contribution in [0.25, 0.3) is 0 Å². The number of amides is 1. The van der Waals surface area contributed by atoms with Crippen molar-refractivity contribution < 1.29 is 19.0 Å². The van der Waals surface area contributed by atoms with Crippen LogP contribution in [0, 0.1) is 11.3 Å². The van der Waals surface area contributed by atoms with Gasteiger partial charge in [-0.25, -0.2) is 0 Å². The van der Waals surface area contributed by atoms with E-state index in [0.717, 1.165) is 5.75 Å². The predicted octanol–water partition coefficient (Wildman–Crippen LogP) is 2.63. The zero-order valence-corrected chi connectivity index (χ0v) is 14.6. The second kappa shape index (κ2) is 8.26. The largest absolute Gasteiger partial charge is 0.486 e. The molecule has 6 heteroatoms. The van der Waals surface area contributed by atoms with E-state index in [1.165, 1.54) is 0 Å². The third-order valence-corrected chi connectivity index (χ3v) is 4.05. The summed E-state index contributed by atoms with van der Waals surface area (Å²) in [6.45, 7) is 3.18. The monoisotopic (exact) mass is 352 g/mol. The Morgan fingerprint density at radius 1 is 1.27 bits per heavy atom. The smallest absolute Gasteiger partial charge is 0.260 e. The van der Waals surface area contributed by atoms with Crippen molar-refractivity contribution >= 4 is 5.91 Å². The maximum atomic E-state index is 12.5. The summed E-state index contributed by atoms with van der Waals surface area (Å²) in [6, 6.07) is 16.3. The van der Waals surface area contributed by atoms with Gasteiger partial charge in [-0.2, -0.15) is 5.26 Å². The molecule has 0 saturated heterocycles. The highest BCUT2D eigenvalue weighted by molar-refractivity contribution is 5.77. The Morgan fingerprint density at radius 3 is 2.85 bits per heavy atom. The number of hydrogen-bond donors (Lipinski definition) is 0. The maximum absolute atomic E-state index is 12.5. The quantitative estimate of drug-likeness (QED) is 0.799. The molecule has 0 unspecified atom stereocenters. The van der Waals surface area contributed by atoms with Crippen LogP contribution < -0.4 is 14.2 Å². The number of ether oxygens (including phenoxy) is 3. The van der Waals surface area contributed by atoms with Gasteiger partial charge in [-0.1, -0.05) is 18.2 Å². The molecule has 1 atom stereocenters. The van der Waals surface area contributed by atoms with Crippen LogP contribution in [0.2, 0.25) is 0 Å². The highest BCUT2D eigenvalue weighted by Crippen LogP contribution is 2.31. The third-order valence-electron chi connectivity index (χ3n) is 4.05. The van der Waals surface area contributed by atoms with Crippen LogP contribution >= 0.6 is 0 Å². The molecule has 1 amide bonds. The number of rotatable bonds is 6. The second-order valence-electron chi connectivity index (χ2n) is 5.86. The molecule has 0 spiro atoms. The molecule has 2 aromatic carbocycles. The van der Waals surface area contributed by atoms with E-state index in [1.54, 1.807) is 29.2 Å². The lowest BCUT2D eigenvalue weighted by molar-refractivity contribution is -0.134. The fourth-order valence-corrected chi connectivity index (χ4v) is 2.70. The molecule has 6 nitrogen and oxygen atoms in total. The van der Waals surface area contributed by atoms with Gasteiger partial charge in [0.2, 0.25) is 0 Å². The maximum Gasteiger partial charge on any atom is 0.260 e. The van der Waals surface area contributed by atoms with E-state index in [-0.39, 0.29) is 18.6 Å². The Morgan fingerprint density at radius 2 is 2.08 bits per heavy atom. The van der Waals surface area contributed by atoms with Crippen LogP contribution in [0.15, 0.2) is 48.5 Å². The molecule has 0 bridgehead atoms. The minimum Gasteiger partial charge on any atom is -0.486 e. The third kappa shape index (κ3) is 4.25. The lowest BCUT2D eigenvalue weighted by Gasteiger charge is -2.30. The molecule has 1 aliphatic rings. The Hall–Kier alpha value is -3.20. The van der Waals surface area contributed by atoms with Crippen LogP contribution in [0.4, 0.5) is 0 Å². The summed E-state index contributed by atoms with van der Waals surface area (Å²) < 4.78 is 17.1. The van der Waals surface area contributed by atoms with E-state index in [1.807, 2.05) is 37.3 Å². The van der Waals surface area contributed by atoms with Crippen LogP contribution in [-0.4, -0.2) is 43.2 Å². The lowest BCUT2D eigenvalue weighted by atomic mass is 10.2. The Balaban J connectivity index is 1.55. The first-order valence-electron chi connectivity index (χ1n) is 8.49. The van der Waals surface area contributed by atoms with Crippen molar-refractivity contribution in [2.45, 2.75) is 13.0 Å². The zero-order chi connectivity index (χ0) is 18.4. The van der Waals surface area contributed by atoms with E-state index in [2.05, 4.69) is 0 Å². The van der Waals surface area contributed by atoms with Gasteiger partial charge >= 0.3 is 0 Å². The summed E-state index contributed by atoms with van der Waals surface area (Å²) in [5.41, 5.74) is 0.494. The fourth-order valence-electron chi connectivity index (χ4n) is 2.70. The molecule has 134 valence electrons. The molecule has 0 aromatic heterocycles. The van der Waals surface area contributed by atoms with E-state index in [4.69, 9.17) is 19.5 Å². The summed E-state index contributed by atoms with van der Waals surface area (Å²) in [6.07, 6.45) is -0.226. The van der Waals surface area contributed by atoms with Crippen molar-refractivity contribution in [2.24, 2.45) is 0 Å². The first-order chi connectivity index (χ1) is 12.7. The number of benzene rings is 2. The van der Waals surface area contributed by atoms with E-state index in [0.29, 0.717) is 36.8 Å². The molecular weight excluding hydrogens is 332 g/mol. The minimum atomic E-state index is -0.226. The molecule has 0 saturated carbocycles. The summed E-state index contributed by atoms with van der Waals surface area (Å²) >= 11 is 0. The van der Waals surface area contributed by atoms with Gasteiger partial charge in [0.1, 0.15) is 12.4 Å². The van der Waals surface area contributed by atoms with Crippen molar-refractivity contribution in [1.82, 2.24) is 4.90 Å². The normalized spacial score (nSPS) is 15.0. The number of fused-ring (bicyclic) bond motifs is 1. The summed E-state index contributed by atoms with van der Waals surface area (Å²) in [5.74, 6) is 1.77. The zero-order valence-electron chi connectivity index (χ0n) is 14.6. The topological polar surface area (TPSA) is 71.8 Å². The van der Waals surface area contributed by atoms with Gasteiger partial charge in [-0.3, -0.25) is 4.79 Å². The van der Waals surface area contributed by atoms with Crippen LogP contribution in [-0.2, 0) is 4.79 Å². The summed E-state index contributed by atoms with van der Waals surface area (Å²) in [4.78, 5) is 14.1. The molecule has 1 aliphatic heterocycles. The van der Waals surface area contributed by atoms with Gasteiger partial charge in [-0.15, -0.1) is 0 Å². The molecule has 0 aliphatic carbocycles. The highest BCUT2D eigenvalue weighted by Gasteiger charge is 2.24. The number of nitrogens with zero attached hydrogens (tertiary/aromatic N) is 2. The standard InChI is InChI=1S/C20H20N2O4/c1-2-22(12-17-13-25-18-8-3-4-9-19(18)26-17)20(23)14-24-16-7-5-6-15(10-16)11-21/h3-10,17H,2,12-14H2,1H3/t17-/m0/s1. The molecule has 3 rings (SSSR count). The highest BCUT2D eigenvalue weighted by atomic mass is 16.6. The molecule has 2 aromatic rings. The number of nitriles is 1. The molecule has 0 radical (unpaired) electrons. The van der Waals surface area contributed by atoms with Crippen molar-refractivity contribution in [3.8, 4) is 23.3 Å². The minimum absolute atomic E-state index is 0.0904. The molecule has 0 N–H and O–H groups in total. The van der Waals surface area contributed by atoms with Gasteiger partial charge in [0.05, 0.1) is 18.2 Å². The second-order valence-corrected chi connectivity index (χ2v) is 5.86. The SMILES string of the molecule is CCN(C[C@H]1COc2ccccc2O1)C(=O)COc1cccc(C#N)c1. The number of carbonyl (C=O) groups excluding carboxylic acids is 1. The van der Waals surface area contributed by atoms with Gasteiger partial charge in [0.15, 0.2) is 24.2 Å². The molecule has 1 heterocycles. The summed E-state index contributed by atoms with van der Waals surface area (Å²) in [7, 11) is 0. The molecular formula is C20H20N2O4. The Kier molecular flexibility index (Phi) is 5.59. The number of hydrogen-bond acceptors (Lipinski definition) is 5. The average Bonchev–Trinajstić information content (AvgIpc) is 2.70. The van der Waals surface area contributed by atoms with Gasteiger partial charge in [0, 0.05) is 6.54 Å². The van der Waals surface area contributed by atoms with Crippen LogP contribution in [0.1, 0.15) is 12.5 Å². The van der Waals surface area contributed by atoms with Crippen molar-refractivity contribution in [3.05, 3.63) is 54.1 Å². The van der Waals surface area contributed by atoms with Gasteiger partial charge in [0.25, 0.3) is 5.91 Å². The van der Waals surface area contributed by atoms with E-state index >= 15 is 0 Å². The van der Waals surface area contributed by atoms with Crippen LogP contribution in [0.3, 0.4) is 0 Å². The van der Waals surface area contributed by atoms with Crippen molar-refractivity contribution in [1.29, 1.82) is 5.26 Å². The van der Waals surface area contributed by atoms with Crippen molar-refractivity contribution in [3.63, 3.8) is 0 Å².